The average molecular weight is 386 g/mol. The lowest BCUT2D eigenvalue weighted by molar-refractivity contribution is 0.346. The number of halogens is 3. The summed E-state index contributed by atoms with van der Waals surface area (Å²) in [7, 11) is -4.14. The Morgan fingerprint density at radius 1 is 1.15 bits per heavy atom. The third kappa shape index (κ3) is 3.11. The third-order valence-corrected chi connectivity index (χ3v) is 6.70. The number of hydrogen-bond acceptors (Lipinski definition) is 4. The van der Waals surface area contributed by atoms with E-state index in [1.807, 2.05) is 0 Å². The molecule has 1 aromatic heterocycles. The van der Waals surface area contributed by atoms with Gasteiger partial charge in [0.15, 0.2) is 5.82 Å². The summed E-state index contributed by atoms with van der Waals surface area (Å²) >= 11 is 0. The molecule has 2 fully saturated rings. The van der Waals surface area contributed by atoms with Gasteiger partial charge in [0.1, 0.15) is 17.5 Å². The van der Waals surface area contributed by atoms with E-state index in [1.54, 1.807) is 0 Å². The van der Waals surface area contributed by atoms with Crippen LogP contribution in [0, 0.1) is 17.6 Å². The Kier molecular flexibility index (Phi) is 4.26. The first-order valence-corrected chi connectivity index (χ1v) is 9.77. The number of hydrogen-bond donors (Lipinski definition) is 1. The van der Waals surface area contributed by atoms with E-state index in [-0.39, 0.29) is 13.1 Å². The maximum Gasteiger partial charge on any atom is 0.243 e. The smallest absolute Gasteiger partial charge is 0.243 e. The Labute approximate surface area is 148 Å². The first-order valence-electron chi connectivity index (χ1n) is 8.33. The average Bonchev–Trinajstić information content (AvgIpc) is 3.16. The van der Waals surface area contributed by atoms with Crippen LogP contribution in [-0.4, -0.2) is 47.7 Å². The highest BCUT2D eigenvalue weighted by Crippen LogP contribution is 2.40. The van der Waals surface area contributed by atoms with Gasteiger partial charge >= 0.3 is 0 Å². The molecular weight excluding hydrogens is 369 g/mol. The zero-order valence-corrected chi connectivity index (χ0v) is 14.5. The molecule has 2 aromatic rings. The summed E-state index contributed by atoms with van der Waals surface area (Å²) in [5, 5.41) is 6.93. The minimum absolute atomic E-state index is 0.0195. The largest absolute Gasteiger partial charge is 0.263 e. The number of aromatic amines is 1. The number of aromatic nitrogens is 3. The summed E-state index contributed by atoms with van der Waals surface area (Å²) in [5.74, 6) is -1.59. The van der Waals surface area contributed by atoms with E-state index in [0.717, 1.165) is 29.3 Å². The quantitative estimate of drug-likeness (QED) is 0.856. The summed E-state index contributed by atoms with van der Waals surface area (Å²) in [6.45, 7) is -0.830. The molecule has 26 heavy (non-hydrogen) atoms. The normalized spacial score (nSPS) is 24.3. The summed E-state index contributed by atoms with van der Waals surface area (Å²) in [6, 6.07) is 2.12. The molecule has 0 radical (unpaired) electrons. The van der Waals surface area contributed by atoms with E-state index in [1.165, 1.54) is 0 Å². The van der Waals surface area contributed by atoms with Crippen molar-refractivity contribution < 1.29 is 21.6 Å². The minimum Gasteiger partial charge on any atom is -0.263 e. The molecule has 1 N–H and O–H groups in total. The highest BCUT2D eigenvalue weighted by Gasteiger charge is 2.42. The van der Waals surface area contributed by atoms with E-state index >= 15 is 0 Å². The van der Waals surface area contributed by atoms with Crippen LogP contribution in [0.15, 0.2) is 23.1 Å². The molecule has 10 heteroatoms. The Morgan fingerprint density at radius 3 is 2.46 bits per heavy atom. The van der Waals surface area contributed by atoms with E-state index in [2.05, 4.69) is 15.2 Å². The summed E-state index contributed by atoms with van der Waals surface area (Å²) < 4.78 is 66.8. The second-order valence-electron chi connectivity index (χ2n) is 6.80. The Bertz CT molecular complexity index is 909. The molecule has 0 unspecified atom stereocenters. The van der Waals surface area contributed by atoms with E-state index in [0.29, 0.717) is 23.6 Å². The van der Waals surface area contributed by atoms with Gasteiger partial charge in [-0.05, 0) is 25.0 Å². The summed E-state index contributed by atoms with van der Waals surface area (Å²) in [4.78, 5) is 3.91. The van der Waals surface area contributed by atoms with Gasteiger partial charge in [0.2, 0.25) is 10.0 Å². The molecule has 1 aliphatic heterocycles. The van der Waals surface area contributed by atoms with Gasteiger partial charge in [-0.1, -0.05) is 0 Å². The van der Waals surface area contributed by atoms with Crippen molar-refractivity contribution in [3.63, 3.8) is 0 Å². The maximum absolute atomic E-state index is 13.5. The summed E-state index contributed by atoms with van der Waals surface area (Å²) in [6.07, 6.45) is 2.03. The number of H-pyrrole nitrogens is 1. The molecule has 140 valence electrons. The fourth-order valence-corrected chi connectivity index (χ4v) is 4.86. The van der Waals surface area contributed by atoms with Gasteiger partial charge < -0.3 is 0 Å². The van der Waals surface area contributed by atoms with Crippen molar-refractivity contribution in [3.8, 4) is 0 Å². The predicted molar refractivity (Wildman–Crippen MR) is 85.7 cm³/mol. The maximum atomic E-state index is 13.5. The molecule has 1 aromatic carbocycles. The van der Waals surface area contributed by atoms with E-state index in [9.17, 15) is 21.6 Å². The van der Waals surface area contributed by atoms with Gasteiger partial charge in [-0.2, -0.15) is 9.40 Å². The molecule has 2 aliphatic rings. The van der Waals surface area contributed by atoms with Gasteiger partial charge in [0.05, 0.1) is 11.6 Å². The third-order valence-electron chi connectivity index (χ3n) is 4.89. The SMILES string of the molecule is O=S(=O)(c1cc(F)cc(F)c1)N1C[C@@H](CF)[C@H](c2nc(C3CC3)n[nH]2)C1. The molecule has 0 amide bonds. The molecule has 4 rings (SSSR count). The van der Waals surface area contributed by atoms with Crippen molar-refractivity contribution in [2.45, 2.75) is 29.6 Å². The Morgan fingerprint density at radius 2 is 1.85 bits per heavy atom. The first-order chi connectivity index (χ1) is 12.4. The van der Waals surface area contributed by atoms with Crippen molar-refractivity contribution in [3.05, 3.63) is 41.5 Å². The molecule has 1 aliphatic carbocycles. The van der Waals surface area contributed by atoms with Crippen molar-refractivity contribution in [1.82, 2.24) is 19.5 Å². The number of alkyl halides is 1. The van der Waals surface area contributed by atoms with Gasteiger partial charge in [-0.25, -0.2) is 22.2 Å². The Hall–Kier alpha value is -1.94. The molecular formula is C16H17F3N4O2S. The van der Waals surface area contributed by atoms with Crippen molar-refractivity contribution >= 4 is 10.0 Å². The number of benzene rings is 1. The Balaban J connectivity index is 1.61. The standard InChI is InChI=1S/C16H17F3N4O2S/c17-6-10-7-23(26(24,25)13-4-11(18)3-12(19)5-13)8-14(10)16-20-15(21-22-16)9-1-2-9/h3-5,9-10,14H,1-2,6-8H2,(H,20,21,22)/t10-,14-/m1/s1. The molecule has 0 bridgehead atoms. The lowest BCUT2D eigenvalue weighted by atomic mass is 9.97. The van der Waals surface area contributed by atoms with Crippen LogP contribution in [0.3, 0.4) is 0 Å². The van der Waals surface area contributed by atoms with E-state index in [4.69, 9.17) is 0 Å². The zero-order chi connectivity index (χ0) is 18.5. The van der Waals surface area contributed by atoms with Crippen LogP contribution in [-0.2, 0) is 10.0 Å². The highest BCUT2D eigenvalue weighted by atomic mass is 32.2. The fourth-order valence-electron chi connectivity index (χ4n) is 3.30. The molecule has 0 spiro atoms. The van der Waals surface area contributed by atoms with Crippen LogP contribution in [0.5, 0.6) is 0 Å². The summed E-state index contributed by atoms with van der Waals surface area (Å²) in [5.41, 5.74) is 0. The van der Waals surface area contributed by atoms with Crippen LogP contribution in [0.25, 0.3) is 0 Å². The molecule has 6 nitrogen and oxygen atoms in total. The number of rotatable bonds is 5. The van der Waals surface area contributed by atoms with Crippen LogP contribution in [0.2, 0.25) is 0 Å². The number of nitrogens with one attached hydrogen (secondary N) is 1. The van der Waals surface area contributed by atoms with Gasteiger partial charge in [-0.15, -0.1) is 0 Å². The topological polar surface area (TPSA) is 79.0 Å². The van der Waals surface area contributed by atoms with Crippen molar-refractivity contribution in [1.29, 1.82) is 0 Å². The van der Waals surface area contributed by atoms with Gasteiger partial charge in [0.25, 0.3) is 0 Å². The number of nitrogens with zero attached hydrogens (tertiary/aromatic N) is 3. The highest BCUT2D eigenvalue weighted by molar-refractivity contribution is 7.89. The van der Waals surface area contributed by atoms with Crippen LogP contribution < -0.4 is 0 Å². The molecule has 1 saturated heterocycles. The number of sulfonamides is 1. The van der Waals surface area contributed by atoms with Crippen LogP contribution in [0.1, 0.15) is 36.3 Å². The molecule has 2 heterocycles. The lowest BCUT2D eigenvalue weighted by Crippen LogP contribution is -2.29. The van der Waals surface area contributed by atoms with Crippen molar-refractivity contribution in [2.24, 2.45) is 5.92 Å². The molecule has 2 atom stereocenters. The predicted octanol–water partition coefficient (Wildman–Crippen LogP) is 2.33. The monoisotopic (exact) mass is 386 g/mol. The van der Waals surface area contributed by atoms with Crippen LogP contribution >= 0.6 is 0 Å². The molecule has 1 saturated carbocycles. The minimum atomic E-state index is -4.14. The van der Waals surface area contributed by atoms with E-state index < -0.39 is 45.1 Å². The van der Waals surface area contributed by atoms with Gasteiger partial charge in [0, 0.05) is 36.9 Å². The second kappa shape index (κ2) is 6.34. The second-order valence-corrected chi connectivity index (χ2v) is 8.74. The van der Waals surface area contributed by atoms with Crippen LogP contribution in [0.4, 0.5) is 13.2 Å². The fraction of sp³-hybridized carbons (Fsp3) is 0.500. The van der Waals surface area contributed by atoms with Gasteiger partial charge in [-0.3, -0.25) is 9.49 Å². The zero-order valence-electron chi connectivity index (χ0n) is 13.7. The van der Waals surface area contributed by atoms with Crippen molar-refractivity contribution in [2.75, 3.05) is 19.8 Å². The first kappa shape index (κ1) is 17.5. The lowest BCUT2D eigenvalue weighted by Gasteiger charge is -2.16.